The van der Waals surface area contributed by atoms with E-state index in [-0.39, 0.29) is 18.4 Å². The highest BCUT2D eigenvalue weighted by molar-refractivity contribution is 5.89. The van der Waals surface area contributed by atoms with Crippen molar-refractivity contribution in [2.24, 2.45) is 10.8 Å². The number of aliphatic hydroxyl groups excluding tert-OH is 1. The van der Waals surface area contributed by atoms with Crippen molar-refractivity contribution >= 4 is 23.9 Å². The van der Waals surface area contributed by atoms with Gasteiger partial charge in [0.1, 0.15) is 12.1 Å². The van der Waals surface area contributed by atoms with Crippen molar-refractivity contribution in [2.75, 3.05) is 20.1 Å². The zero-order chi connectivity index (χ0) is 38.2. The highest BCUT2D eigenvalue weighted by Gasteiger charge is 2.42. The summed E-state index contributed by atoms with van der Waals surface area (Å²) in [6.45, 7) is 11.9. The highest BCUT2D eigenvalue weighted by atomic mass is 16.4. The van der Waals surface area contributed by atoms with Crippen molar-refractivity contribution in [2.45, 2.75) is 91.1 Å². The van der Waals surface area contributed by atoms with Gasteiger partial charge in [0, 0.05) is 37.9 Å². The van der Waals surface area contributed by atoms with E-state index < -0.39 is 53.1 Å². The third-order valence-electron chi connectivity index (χ3n) is 9.39. The summed E-state index contributed by atoms with van der Waals surface area (Å²) in [5.74, 6) is -0.873. The Morgan fingerprint density at radius 1 is 0.865 bits per heavy atom. The van der Waals surface area contributed by atoms with Crippen molar-refractivity contribution in [3.8, 4) is 11.3 Å². The smallest absolute Gasteiger partial charge is 0.407 e. The zero-order valence-corrected chi connectivity index (χ0v) is 31.3. The molecule has 5 N–H and O–H groups in total. The Morgan fingerprint density at radius 2 is 1.50 bits per heavy atom. The molecule has 4 rings (SSSR count). The Morgan fingerprint density at radius 3 is 2.04 bits per heavy atom. The number of hydrogen-bond donors (Lipinski definition) is 5. The van der Waals surface area contributed by atoms with E-state index in [1.54, 1.807) is 27.0 Å². The zero-order valence-electron chi connectivity index (χ0n) is 31.3. The van der Waals surface area contributed by atoms with Crippen LogP contribution in [0, 0.1) is 10.8 Å². The Labute approximate surface area is 307 Å². The van der Waals surface area contributed by atoms with Crippen LogP contribution in [0.2, 0.25) is 0 Å². The van der Waals surface area contributed by atoms with Crippen molar-refractivity contribution in [3.63, 3.8) is 0 Å². The molecule has 5 amide bonds. The van der Waals surface area contributed by atoms with Gasteiger partial charge >= 0.3 is 12.1 Å². The van der Waals surface area contributed by atoms with Gasteiger partial charge < -0.3 is 31.1 Å². The Hall–Kier alpha value is -4.97. The summed E-state index contributed by atoms with van der Waals surface area (Å²) in [5.41, 5.74) is 2.17. The Bertz CT molecular complexity index is 1660. The molecule has 12 heteroatoms. The fraction of sp³-hybridized carbons (Fsp3) is 0.475. The van der Waals surface area contributed by atoms with Crippen LogP contribution in [-0.2, 0) is 22.4 Å². The summed E-state index contributed by atoms with van der Waals surface area (Å²) >= 11 is 0. The first-order valence-corrected chi connectivity index (χ1v) is 17.8. The van der Waals surface area contributed by atoms with E-state index in [0.717, 1.165) is 27.3 Å². The summed E-state index contributed by atoms with van der Waals surface area (Å²) in [5, 5.41) is 30.8. The molecule has 52 heavy (non-hydrogen) atoms. The number of rotatable bonds is 14. The van der Waals surface area contributed by atoms with Gasteiger partial charge in [0.15, 0.2) is 0 Å². The second kappa shape index (κ2) is 17.0. The number of likely N-dealkylation sites (N-methyl/N-ethyl adjacent to an activating group) is 1. The van der Waals surface area contributed by atoms with Gasteiger partial charge in [0.2, 0.25) is 11.8 Å². The van der Waals surface area contributed by atoms with Crippen molar-refractivity contribution in [1.82, 2.24) is 30.7 Å². The minimum absolute atomic E-state index is 0.0452. The maximum atomic E-state index is 14.1. The summed E-state index contributed by atoms with van der Waals surface area (Å²) in [6.07, 6.45) is 0.0166. The molecule has 0 aliphatic carbocycles. The monoisotopic (exact) mass is 714 g/mol. The van der Waals surface area contributed by atoms with Crippen LogP contribution in [0.5, 0.6) is 0 Å². The number of urea groups is 1. The SMILES string of the molecule is CN(C(=O)O)[C@H](C(=O)N[C@H](Cc1ccc(-c2ccccn2)cc1)C[C@H](O)[C@H](Cc1ccccc1)NC(=O)[C@@H](N1CCNC1=O)C(C)(C)C)C(C)(C)C. The largest absolute Gasteiger partial charge is 0.465 e. The third-order valence-corrected chi connectivity index (χ3v) is 9.39. The summed E-state index contributed by atoms with van der Waals surface area (Å²) < 4.78 is 0. The lowest BCUT2D eigenvalue weighted by Crippen LogP contribution is -2.59. The molecule has 12 nitrogen and oxygen atoms in total. The van der Waals surface area contributed by atoms with Crippen molar-refractivity contribution < 1.29 is 29.4 Å². The predicted molar refractivity (Wildman–Crippen MR) is 200 cm³/mol. The topological polar surface area (TPSA) is 164 Å². The first-order chi connectivity index (χ1) is 24.5. The molecule has 0 spiro atoms. The number of carbonyl (C=O) groups excluding carboxylic acids is 3. The number of amides is 5. The van der Waals surface area contributed by atoms with E-state index in [4.69, 9.17) is 0 Å². The Kier molecular flexibility index (Phi) is 13.0. The van der Waals surface area contributed by atoms with Crippen LogP contribution >= 0.6 is 0 Å². The van der Waals surface area contributed by atoms with Crippen LogP contribution in [0.4, 0.5) is 9.59 Å². The molecular formula is C40H54N6O6. The van der Waals surface area contributed by atoms with E-state index >= 15 is 0 Å². The number of nitrogens with one attached hydrogen (secondary N) is 3. The standard InChI is InChI=1S/C40H54N6O6/c1-39(2,3)33(45(7)38(51)52)35(48)43-29(23-27-16-18-28(19-17-27)30-15-11-12-20-41-30)25-32(47)31(24-26-13-9-8-10-14-26)44-36(49)34(40(4,5)6)46-22-21-42-37(46)50/h8-20,29,31-34,47H,21-25H2,1-7H3,(H,42,50)(H,43,48)(H,44,49)(H,51,52)/t29-,31+,32+,33-,34-/m1/s1. The Balaban J connectivity index is 1.65. The van der Waals surface area contributed by atoms with Crippen molar-refractivity contribution in [3.05, 3.63) is 90.1 Å². The van der Waals surface area contributed by atoms with Gasteiger partial charge in [0.25, 0.3) is 0 Å². The lowest BCUT2D eigenvalue weighted by Gasteiger charge is -2.38. The average Bonchev–Trinajstić information content (AvgIpc) is 3.48. The number of benzene rings is 2. The summed E-state index contributed by atoms with van der Waals surface area (Å²) in [4.78, 5) is 59.8. The van der Waals surface area contributed by atoms with Crippen LogP contribution in [0.25, 0.3) is 11.3 Å². The molecule has 280 valence electrons. The predicted octanol–water partition coefficient (Wildman–Crippen LogP) is 4.72. The first-order valence-electron chi connectivity index (χ1n) is 17.8. The van der Waals surface area contributed by atoms with Gasteiger partial charge in [-0.1, -0.05) is 102 Å². The lowest BCUT2D eigenvalue weighted by atomic mass is 9.84. The molecule has 2 aromatic carbocycles. The number of aromatic nitrogens is 1. The van der Waals surface area contributed by atoms with Gasteiger partial charge in [-0.3, -0.25) is 19.5 Å². The number of pyridine rings is 1. The molecule has 1 aliphatic heterocycles. The maximum Gasteiger partial charge on any atom is 0.407 e. The normalized spacial score (nSPS) is 16.2. The van der Waals surface area contributed by atoms with Crippen LogP contribution in [0.1, 0.15) is 59.1 Å². The molecule has 1 aromatic heterocycles. The molecule has 0 radical (unpaired) electrons. The molecule has 1 aliphatic rings. The van der Waals surface area contributed by atoms with Gasteiger partial charge in [0.05, 0.1) is 17.8 Å². The van der Waals surface area contributed by atoms with Crippen LogP contribution in [0.15, 0.2) is 79.0 Å². The highest BCUT2D eigenvalue weighted by Crippen LogP contribution is 2.28. The second-order valence-electron chi connectivity index (χ2n) is 15.8. The molecule has 0 bridgehead atoms. The molecular weight excluding hydrogens is 660 g/mol. The molecule has 0 unspecified atom stereocenters. The molecule has 1 saturated heterocycles. The third kappa shape index (κ3) is 10.5. The molecule has 5 atom stereocenters. The van der Waals surface area contributed by atoms with Gasteiger partial charge in [-0.25, -0.2) is 9.59 Å². The van der Waals surface area contributed by atoms with Crippen LogP contribution in [-0.4, -0.2) is 99.3 Å². The fourth-order valence-electron chi connectivity index (χ4n) is 6.97. The molecule has 3 aromatic rings. The van der Waals surface area contributed by atoms with Crippen molar-refractivity contribution in [1.29, 1.82) is 0 Å². The molecule has 0 saturated carbocycles. The van der Waals surface area contributed by atoms with E-state index in [1.165, 1.54) is 11.9 Å². The maximum absolute atomic E-state index is 14.1. The van der Waals surface area contributed by atoms with E-state index in [0.29, 0.717) is 25.9 Å². The lowest BCUT2D eigenvalue weighted by molar-refractivity contribution is -0.131. The number of carbonyl (C=O) groups is 4. The minimum atomic E-state index is -1.23. The quantitative estimate of drug-likeness (QED) is 0.161. The first kappa shape index (κ1) is 39.8. The second-order valence-corrected chi connectivity index (χ2v) is 15.8. The van der Waals surface area contributed by atoms with Gasteiger partial charge in [-0.2, -0.15) is 0 Å². The number of aliphatic hydroxyl groups is 1. The van der Waals surface area contributed by atoms with E-state index in [2.05, 4.69) is 20.9 Å². The molecule has 2 heterocycles. The fourth-order valence-corrected chi connectivity index (χ4v) is 6.97. The number of nitrogens with zero attached hydrogens (tertiary/aromatic N) is 3. The summed E-state index contributed by atoms with van der Waals surface area (Å²) in [7, 11) is 1.37. The van der Waals surface area contributed by atoms with Gasteiger partial charge in [-0.15, -0.1) is 0 Å². The minimum Gasteiger partial charge on any atom is -0.465 e. The summed E-state index contributed by atoms with van der Waals surface area (Å²) in [6, 6.07) is 19.4. The number of hydrogen-bond acceptors (Lipinski definition) is 6. The molecule has 1 fully saturated rings. The number of carboxylic acid groups (broad SMARTS) is 1. The van der Waals surface area contributed by atoms with Gasteiger partial charge in [-0.05, 0) is 53.4 Å². The van der Waals surface area contributed by atoms with E-state index in [9.17, 15) is 29.4 Å². The van der Waals surface area contributed by atoms with Crippen LogP contribution < -0.4 is 16.0 Å². The van der Waals surface area contributed by atoms with Crippen LogP contribution in [0.3, 0.4) is 0 Å². The van der Waals surface area contributed by atoms with E-state index in [1.807, 2.05) is 93.6 Å². The average molecular weight is 715 g/mol.